The predicted octanol–water partition coefficient (Wildman–Crippen LogP) is 2.80. The summed E-state index contributed by atoms with van der Waals surface area (Å²) in [5.74, 6) is 0.980. The van der Waals surface area contributed by atoms with Crippen molar-refractivity contribution >= 4 is 17.0 Å². The van der Waals surface area contributed by atoms with Crippen LogP contribution in [0.4, 0.5) is 5.95 Å². The lowest BCUT2D eigenvalue weighted by atomic mass is 10.1. The smallest absolute Gasteiger partial charge is 0.203 e. The second-order valence-corrected chi connectivity index (χ2v) is 6.46. The first-order valence-corrected chi connectivity index (χ1v) is 8.73. The minimum absolute atomic E-state index is 0.725. The van der Waals surface area contributed by atoms with Gasteiger partial charge in [0.15, 0.2) is 0 Å². The Kier molecular flexibility index (Phi) is 4.36. The maximum absolute atomic E-state index is 8.86. The van der Waals surface area contributed by atoms with Gasteiger partial charge in [0.2, 0.25) is 5.95 Å². The van der Waals surface area contributed by atoms with Crippen molar-refractivity contribution in [3.05, 3.63) is 59.7 Å². The van der Waals surface area contributed by atoms with Crippen LogP contribution in [0.15, 0.2) is 48.5 Å². The number of imidazole rings is 1. The summed E-state index contributed by atoms with van der Waals surface area (Å²) in [5, 5.41) is 8.86. The number of nitrogens with zero attached hydrogens (tertiary/aromatic N) is 4. The third kappa shape index (κ3) is 3.49. The van der Waals surface area contributed by atoms with Gasteiger partial charge in [0, 0.05) is 32.7 Å². The maximum atomic E-state index is 8.86. The summed E-state index contributed by atoms with van der Waals surface area (Å²) in [4.78, 5) is 12.9. The third-order valence-corrected chi connectivity index (χ3v) is 4.85. The number of rotatable bonds is 4. The standard InChI is InChI=1S/C20H21N5/c21-15-17-7-5-16(6-8-17)9-10-24-11-13-25(14-12-24)20-22-18-3-1-2-4-19(18)23-20/h1-8H,9-14H2,(H,22,23). The van der Waals surface area contributed by atoms with Crippen molar-refractivity contribution in [3.8, 4) is 6.07 Å². The second kappa shape index (κ2) is 6.96. The number of hydrogen-bond donors (Lipinski definition) is 1. The van der Waals surface area contributed by atoms with Gasteiger partial charge in [0.05, 0.1) is 22.7 Å². The minimum atomic E-state index is 0.725. The first-order valence-electron chi connectivity index (χ1n) is 8.73. The zero-order valence-corrected chi connectivity index (χ0v) is 14.2. The summed E-state index contributed by atoms with van der Waals surface area (Å²) in [6.07, 6.45) is 1.02. The average molecular weight is 331 g/mol. The van der Waals surface area contributed by atoms with Gasteiger partial charge in [0.25, 0.3) is 0 Å². The number of anilines is 1. The summed E-state index contributed by atoms with van der Waals surface area (Å²) in [5.41, 5.74) is 4.14. The van der Waals surface area contributed by atoms with Crippen LogP contribution in [0.3, 0.4) is 0 Å². The Labute approximate surface area is 147 Å². The number of nitriles is 1. The molecule has 25 heavy (non-hydrogen) atoms. The monoisotopic (exact) mass is 331 g/mol. The number of piperazine rings is 1. The van der Waals surface area contributed by atoms with Gasteiger partial charge in [-0.05, 0) is 36.2 Å². The Morgan fingerprint density at radius 2 is 1.76 bits per heavy atom. The van der Waals surface area contributed by atoms with Gasteiger partial charge in [-0.25, -0.2) is 4.98 Å². The van der Waals surface area contributed by atoms with E-state index in [1.165, 1.54) is 5.56 Å². The Morgan fingerprint density at radius 1 is 1.00 bits per heavy atom. The molecule has 0 bridgehead atoms. The van der Waals surface area contributed by atoms with Gasteiger partial charge in [-0.3, -0.25) is 4.90 Å². The first kappa shape index (κ1) is 15.7. The molecule has 0 unspecified atom stereocenters. The summed E-state index contributed by atoms with van der Waals surface area (Å²) < 4.78 is 0. The summed E-state index contributed by atoms with van der Waals surface area (Å²) in [6, 6.07) is 18.2. The molecule has 4 rings (SSSR count). The highest BCUT2D eigenvalue weighted by atomic mass is 15.3. The molecule has 126 valence electrons. The van der Waals surface area contributed by atoms with Crippen molar-refractivity contribution in [1.82, 2.24) is 14.9 Å². The Bertz CT molecular complexity index is 849. The van der Waals surface area contributed by atoms with Gasteiger partial charge in [-0.1, -0.05) is 24.3 Å². The van der Waals surface area contributed by atoms with Gasteiger partial charge in [0.1, 0.15) is 0 Å². The van der Waals surface area contributed by atoms with Crippen LogP contribution in [0.2, 0.25) is 0 Å². The normalized spacial score (nSPS) is 15.4. The summed E-state index contributed by atoms with van der Waals surface area (Å²) in [7, 11) is 0. The quantitative estimate of drug-likeness (QED) is 0.799. The number of para-hydroxylation sites is 2. The number of nitrogens with one attached hydrogen (secondary N) is 1. The third-order valence-electron chi connectivity index (χ3n) is 4.85. The fraction of sp³-hybridized carbons (Fsp3) is 0.300. The molecule has 0 aliphatic carbocycles. The largest absolute Gasteiger partial charge is 0.340 e. The van der Waals surface area contributed by atoms with Crippen LogP contribution >= 0.6 is 0 Å². The molecule has 0 amide bonds. The molecule has 5 heteroatoms. The van der Waals surface area contributed by atoms with Crippen molar-refractivity contribution in [2.45, 2.75) is 6.42 Å². The Morgan fingerprint density at radius 3 is 2.48 bits per heavy atom. The molecule has 1 aromatic heterocycles. The molecule has 2 aromatic carbocycles. The minimum Gasteiger partial charge on any atom is -0.340 e. The van der Waals surface area contributed by atoms with Crippen LogP contribution in [-0.4, -0.2) is 47.6 Å². The number of H-pyrrole nitrogens is 1. The fourth-order valence-corrected chi connectivity index (χ4v) is 3.31. The molecule has 0 spiro atoms. The number of fused-ring (bicyclic) bond motifs is 1. The molecular formula is C20H21N5. The number of aromatic nitrogens is 2. The molecule has 1 aliphatic heterocycles. The molecule has 1 saturated heterocycles. The van der Waals surface area contributed by atoms with E-state index in [0.29, 0.717) is 0 Å². The van der Waals surface area contributed by atoms with Crippen LogP contribution in [0.1, 0.15) is 11.1 Å². The van der Waals surface area contributed by atoms with Gasteiger partial charge in [-0.2, -0.15) is 5.26 Å². The average Bonchev–Trinajstić information content (AvgIpc) is 3.11. The van der Waals surface area contributed by atoms with Gasteiger partial charge >= 0.3 is 0 Å². The van der Waals surface area contributed by atoms with Gasteiger partial charge in [-0.15, -0.1) is 0 Å². The zero-order valence-electron chi connectivity index (χ0n) is 14.2. The molecule has 1 fully saturated rings. The van der Waals surface area contributed by atoms with E-state index >= 15 is 0 Å². The van der Waals surface area contributed by atoms with E-state index in [0.717, 1.165) is 61.7 Å². The van der Waals surface area contributed by atoms with E-state index in [9.17, 15) is 0 Å². The van der Waals surface area contributed by atoms with Crippen molar-refractivity contribution in [2.75, 3.05) is 37.6 Å². The highest BCUT2D eigenvalue weighted by Gasteiger charge is 2.19. The van der Waals surface area contributed by atoms with Crippen LogP contribution in [0, 0.1) is 11.3 Å². The van der Waals surface area contributed by atoms with Crippen molar-refractivity contribution in [2.24, 2.45) is 0 Å². The Balaban J connectivity index is 1.31. The predicted molar refractivity (Wildman–Crippen MR) is 99.6 cm³/mol. The van der Waals surface area contributed by atoms with Crippen LogP contribution in [0.25, 0.3) is 11.0 Å². The van der Waals surface area contributed by atoms with Crippen molar-refractivity contribution in [1.29, 1.82) is 5.26 Å². The second-order valence-electron chi connectivity index (χ2n) is 6.46. The molecular weight excluding hydrogens is 310 g/mol. The van der Waals surface area contributed by atoms with Crippen molar-refractivity contribution in [3.63, 3.8) is 0 Å². The summed E-state index contributed by atoms with van der Waals surface area (Å²) in [6.45, 7) is 5.14. The van der Waals surface area contributed by atoms with E-state index in [2.05, 4.69) is 39.1 Å². The van der Waals surface area contributed by atoms with E-state index in [1.807, 2.05) is 30.3 Å². The fourth-order valence-electron chi connectivity index (χ4n) is 3.31. The highest BCUT2D eigenvalue weighted by molar-refractivity contribution is 5.77. The molecule has 1 N–H and O–H groups in total. The molecule has 0 atom stereocenters. The lowest BCUT2D eigenvalue weighted by molar-refractivity contribution is 0.260. The van der Waals surface area contributed by atoms with Crippen molar-refractivity contribution < 1.29 is 0 Å². The summed E-state index contributed by atoms with van der Waals surface area (Å²) >= 11 is 0. The molecule has 5 nitrogen and oxygen atoms in total. The van der Waals surface area contributed by atoms with E-state index in [1.54, 1.807) is 0 Å². The van der Waals surface area contributed by atoms with Crippen LogP contribution in [0.5, 0.6) is 0 Å². The zero-order chi connectivity index (χ0) is 17.1. The van der Waals surface area contributed by atoms with Crippen LogP contribution < -0.4 is 4.90 Å². The first-order chi connectivity index (χ1) is 12.3. The number of hydrogen-bond acceptors (Lipinski definition) is 4. The topological polar surface area (TPSA) is 59.0 Å². The maximum Gasteiger partial charge on any atom is 0.203 e. The number of aromatic amines is 1. The SMILES string of the molecule is N#Cc1ccc(CCN2CCN(c3nc4ccccc4[nH]3)CC2)cc1. The molecule has 3 aromatic rings. The lowest BCUT2D eigenvalue weighted by Crippen LogP contribution is -2.47. The lowest BCUT2D eigenvalue weighted by Gasteiger charge is -2.34. The molecule has 0 saturated carbocycles. The van der Waals surface area contributed by atoms with E-state index in [-0.39, 0.29) is 0 Å². The molecule has 0 radical (unpaired) electrons. The van der Waals surface area contributed by atoms with Crippen LogP contribution in [-0.2, 0) is 6.42 Å². The Hall–Kier alpha value is -2.84. The van der Waals surface area contributed by atoms with Gasteiger partial charge < -0.3 is 9.88 Å². The molecule has 2 heterocycles. The van der Waals surface area contributed by atoms with E-state index < -0.39 is 0 Å². The number of benzene rings is 2. The molecule has 1 aliphatic rings. The highest BCUT2D eigenvalue weighted by Crippen LogP contribution is 2.18. The van der Waals surface area contributed by atoms with E-state index in [4.69, 9.17) is 10.2 Å².